The minimum absolute atomic E-state index is 0.0280. The summed E-state index contributed by atoms with van der Waals surface area (Å²) in [6.45, 7) is 8.50. The molecular weight excluding hydrogens is 316 g/mol. The van der Waals surface area contributed by atoms with E-state index in [0.29, 0.717) is 18.7 Å². The smallest absolute Gasteiger partial charge is 0.254 e. The number of aliphatic hydroxyl groups is 1. The van der Waals surface area contributed by atoms with Crippen LogP contribution in [0.15, 0.2) is 24.3 Å². The Morgan fingerprint density at radius 2 is 1.88 bits per heavy atom. The molecule has 1 aromatic rings. The zero-order valence-corrected chi connectivity index (χ0v) is 16.0. The summed E-state index contributed by atoms with van der Waals surface area (Å²) in [4.78, 5) is 28.2. The summed E-state index contributed by atoms with van der Waals surface area (Å²) in [5, 5.41) is 10.3. The standard InChI is InChI=1S/C20H30N2O3/c1-14(2)18(23)21(5)13-15-8-10-16(11-9-15)19(24)22-12-6-7-17(22)20(3,4)25/h8-11,14,17,25H,6-7,12-13H2,1-5H3. The van der Waals surface area contributed by atoms with Crippen molar-refractivity contribution in [3.8, 4) is 0 Å². The Kier molecular flexibility index (Phi) is 5.88. The van der Waals surface area contributed by atoms with E-state index in [4.69, 9.17) is 0 Å². The fourth-order valence-corrected chi connectivity index (χ4v) is 3.46. The van der Waals surface area contributed by atoms with E-state index in [-0.39, 0.29) is 23.8 Å². The molecule has 1 heterocycles. The Morgan fingerprint density at radius 3 is 2.40 bits per heavy atom. The zero-order valence-electron chi connectivity index (χ0n) is 16.0. The maximum Gasteiger partial charge on any atom is 0.254 e. The summed E-state index contributed by atoms with van der Waals surface area (Å²) in [7, 11) is 1.79. The van der Waals surface area contributed by atoms with Gasteiger partial charge in [-0.05, 0) is 44.4 Å². The van der Waals surface area contributed by atoms with Gasteiger partial charge in [-0.25, -0.2) is 0 Å². The van der Waals surface area contributed by atoms with Crippen molar-refractivity contribution in [1.29, 1.82) is 0 Å². The first-order chi connectivity index (χ1) is 11.6. The molecule has 0 aliphatic carbocycles. The molecule has 0 aromatic heterocycles. The van der Waals surface area contributed by atoms with Gasteiger partial charge in [0.15, 0.2) is 0 Å². The summed E-state index contributed by atoms with van der Waals surface area (Å²) in [5.74, 6) is 0.0350. The van der Waals surface area contributed by atoms with Crippen LogP contribution in [0.5, 0.6) is 0 Å². The van der Waals surface area contributed by atoms with Crippen LogP contribution in [0, 0.1) is 5.92 Å². The van der Waals surface area contributed by atoms with Crippen LogP contribution in [0.25, 0.3) is 0 Å². The second kappa shape index (κ2) is 7.56. The molecule has 0 spiro atoms. The normalized spacial score (nSPS) is 17.9. The predicted octanol–water partition coefficient (Wildman–Crippen LogP) is 2.68. The first-order valence-corrected chi connectivity index (χ1v) is 8.98. The van der Waals surface area contributed by atoms with E-state index in [2.05, 4.69) is 0 Å². The molecule has 0 saturated carbocycles. The van der Waals surface area contributed by atoms with Gasteiger partial charge in [0, 0.05) is 31.6 Å². The third kappa shape index (κ3) is 4.60. The van der Waals surface area contributed by atoms with Gasteiger partial charge in [0.05, 0.1) is 11.6 Å². The lowest BCUT2D eigenvalue weighted by Gasteiger charge is -2.33. The number of hydrogen-bond donors (Lipinski definition) is 1. The summed E-state index contributed by atoms with van der Waals surface area (Å²) < 4.78 is 0. The van der Waals surface area contributed by atoms with Crippen molar-refractivity contribution in [3.05, 3.63) is 35.4 Å². The van der Waals surface area contributed by atoms with Crippen LogP contribution in [0.3, 0.4) is 0 Å². The Balaban J connectivity index is 2.07. The first kappa shape index (κ1) is 19.4. The molecule has 1 saturated heterocycles. The maximum atomic E-state index is 12.8. The van der Waals surface area contributed by atoms with Gasteiger partial charge in [-0.15, -0.1) is 0 Å². The predicted molar refractivity (Wildman–Crippen MR) is 98.1 cm³/mol. The van der Waals surface area contributed by atoms with Crippen molar-refractivity contribution in [2.24, 2.45) is 5.92 Å². The highest BCUT2D eigenvalue weighted by atomic mass is 16.3. The van der Waals surface area contributed by atoms with Gasteiger partial charge in [0.2, 0.25) is 5.91 Å². The van der Waals surface area contributed by atoms with Gasteiger partial charge >= 0.3 is 0 Å². The summed E-state index contributed by atoms with van der Waals surface area (Å²) in [6, 6.07) is 7.27. The molecular formula is C20H30N2O3. The van der Waals surface area contributed by atoms with E-state index in [0.717, 1.165) is 18.4 Å². The third-order valence-electron chi connectivity index (χ3n) is 4.82. The van der Waals surface area contributed by atoms with Crippen LogP contribution in [0.4, 0.5) is 0 Å². The lowest BCUT2D eigenvalue weighted by Crippen LogP contribution is -2.48. The van der Waals surface area contributed by atoms with Crippen molar-refractivity contribution in [2.75, 3.05) is 13.6 Å². The molecule has 2 rings (SSSR count). The monoisotopic (exact) mass is 346 g/mol. The van der Waals surface area contributed by atoms with E-state index in [1.165, 1.54) is 0 Å². The molecule has 1 fully saturated rings. The average molecular weight is 346 g/mol. The molecule has 138 valence electrons. The Morgan fingerprint density at radius 1 is 1.28 bits per heavy atom. The molecule has 1 N–H and O–H groups in total. The minimum Gasteiger partial charge on any atom is -0.388 e. The highest BCUT2D eigenvalue weighted by Gasteiger charge is 2.38. The third-order valence-corrected chi connectivity index (χ3v) is 4.82. The Hall–Kier alpha value is -1.88. The van der Waals surface area contributed by atoms with Crippen molar-refractivity contribution in [3.63, 3.8) is 0 Å². The number of hydrogen-bond acceptors (Lipinski definition) is 3. The summed E-state index contributed by atoms with van der Waals surface area (Å²) >= 11 is 0. The van der Waals surface area contributed by atoms with Gasteiger partial charge in [-0.3, -0.25) is 9.59 Å². The zero-order chi connectivity index (χ0) is 18.8. The number of amides is 2. The summed E-state index contributed by atoms with van der Waals surface area (Å²) in [6.07, 6.45) is 1.75. The SMILES string of the molecule is CC(C)C(=O)N(C)Cc1ccc(C(=O)N2CCCC2C(C)(C)O)cc1. The van der Waals surface area contributed by atoms with Gasteiger partial charge in [-0.1, -0.05) is 26.0 Å². The summed E-state index contributed by atoms with van der Waals surface area (Å²) in [5.41, 5.74) is 0.720. The van der Waals surface area contributed by atoms with E-state index in [9.17, 15) is 14.7 Å². The van der Waals surface area contributed by atoms with Crippen LogP contribution < -0.4 is 0 Å². The molecule has 1 aromatic carbocycles. The molecule has 1 aliphatic rings. The minimum atomic E-state index is -0.897. The number of rotatable bonds is 5. The fourth-order valence-electron chi connectivity index (χ4n) is 3.46. The van der Waals surface area contributed by atoms with Crippen molar-refractivity contribution >= 4 is 11.8 Å². The van der Waals surface area contributed by atoms with E-state index < -0.39 is 5.60 Å². The van der Waals surface area contributed by atoms with Crippen molar-refractivity contribution in [1.82, 2.24) is 9.80 Å². The number of carbonyl (C=O) groups excluding carboxylic acids is 2. The number of likely N-dealkylation sites (tertiary alicyclic amines) is 1. The van der Waals surface area contributed by atoms with Crippen molar-refractivity contribution in [2.45, 2.75) is 58.7 Å². The van der Waals surface area contributed by atoms with Crippen LogP contribution >= 0.6 is 0 Å². The highest BCUT2D eigenvalue weighted by Crippen LogP contribution is 2.28. The number of nitrogens with zero attached hydrogens (tertiary/aromatic N) is 2. The fraction of sp³-hybridized carbons (Fsp3) is 0.600. The van der Waals surface area contributed by atoms with E-state index in [1.807, 2.05) is 38.1 Å². The van der Waals surface area contributed by atoms with Gasteiger partial charge in [0.25, 0.3) is 5.91 Å². The highest BCUT2D eigenvalue weighted by molar-refractivity contribution is 5.94. The van der Waals surface area contributed by atoms with Crippen molar-refractivity contribution < 1.29 is 14.7 Å². The largest absolute Gasteiger partial charge is 0.388 e. The van der Waals surface area contributed by atoms with Crippen LogP contribution in [-0.2, 0) is 11.3 Å². The molecule has 2 amide bonds. The first-order valence-electron chi connectivity index (χ1n) is 8.98. The molecule has 0 radical (unpaired) electrons. The lowest BCUT2D eigenvalue weighted by atomic mass is 9.96. The molecule has 1 aliphatic heterocycles. The molecule has 1 unspecified atom stereocenters. The van der Waals surface area contributed by atoms with Crippen LogP contribution in [-0.4, -0.2) is 52.0 Å². The Bertz CT molecular complexity index is 617. The molecule has 25 heavy (non-hydrogen) atoms. The second-order valence-electron chi connectivity index (χ2n) is 7.86. The topological polar surface area (TPSA) is 60.9 Å². The Labute approximate surface area is 150 Å². The molecule has 5 heteroatoms. The lowest BCUT2D eigenvalue weighted by molar-refractivity contribution is -0.133. The average Bonchev–Trinajstić information content (AvgIpc) is 3.04. The van der Waals surface area contributed by atoms with E-state index >= 15 is 0 Å². The van der Waals surface area contributed by atoms with Gasteiger partial charge in [-0.2, -0.15) is 0 Å². The maximum absolute atomic E-state index is 12.8. The molecule has 0 bridgehead atoms. The quantitative estimate of drug-likeness (QED) is 0.892. The van der Waals surface area contributed by atoms with E-state index in [1.54, 1.807) is 30.7 Å². The number of benzene rings is 1. The van der Waals surface area contributed by atoms with Gasteiger partial charge < -0.3 is 14.9 Å². The second-order valence-corrected chi connectivity index (χ2v) is 7.86. The molecule has 5 nitrogen and oxygen atoms in total. The van der Waals surface area contributed by atoms with Crippen LogP contribution in [0.1, 0.15) is 56.5 Å². The number of carbonyl (C=O) groups is 2. The molecule has 1 atom stereocenters. The van der Waals surface area contributed by atoms with Gasteiger partial charge in [0.1, 0.15) is 0 Å². The van der Waals surface area contributed by atoms with Crippen LogP contribution in [0.2, 0.25) is 0 Å².